The minimum absolute atomic E-state index is 0. The highest BCUT2D eigenvalue weighted by molar-refractivity contribution is 5.91. The van der Waals surface area contributed by atoms with Crippen LogP contribution < -0.4 is 11.1 Å². The molecular formula is C16H25ClN2O3. The molecule has 0 heterocycles. The van der Waals surface area contributed by atoms with Gasteiger partial charge in [0.25, 0.3) is 0 Å². The molecule has 1 saturated carbocycles. The fourth-order valence-corrected chi connectivity index (χ4v) is 2.05. The molecule has 1 unspecified atom stereocenters. The predicted molar refractivity (Wildman–Crippen MR) is 89.2 cm³/mol. The summed E-state index contributed by atoms with van der Waals surface area (Å²) in [5, 5.41) is 2.86. The number of hydrogen-bond donors (Lipinski definition) is 2. The van der Waals surface area contributed by atoms with E-state index in [1.54, 1.807) is 7.11 Å². The molecule has 1 amide bonds. The van der Waals surface area contributed by atoms with Crippen molar-refractivity contribution in [2.75, 3.05) is 25.6 Å². The molecule has 5 nitrogen and oxygen atoms in total. The van der Waals surface area contributed by atoms with Crippen molar-refractivity contribution in [1.82, 2.24) is 0 Å². The highest BCUT2D eigenvalue weighted by Gasteiger charge is 2.21. The maximum Gasteiger partial charge on any atom is 0.227 e. The van der Waals surface area contributed by atoms with Crippen LogP contribution in [0.3, 0.4) is 0 Å². The fraction of sp³-hybridized carbons (Fsp3) is 0.562. The van der Waals surface area contributed by atoms with Gasteiger partial charge in [0.15, 0.2) is 0 Å². The molecule has 0 spiro atoms. The maximum atomic E-state index is 11.9. The third-order valence-electron chi connectivity index (χ3n) is 3.54. The average molecular weight is 329 g/mol. The van der Waals surface area contributed by atoms with Crippen LogP contribution in [-0.4, -0.2) is 32.3 Å². The Bertz CT molecular complexity index is 462. The van der Waals surface area contributed by atoms with Crippen molar-refractivity contribution in [1.29, 1.82) is 0 Å². The van der Waals surface area contributed by atoms with Crippen LogP contribution >= 0.6 is 12.4 Å². The Balaban J connectivity index is 0.00000242. The van der Waals surface area contributed by atoms with Crippen LogP contribution in [0.1, 0.15) is 24.8 Å². The number of hydrogen-bond acceptors (Lipinski definition) is 4. The molecule has 3 N–H and O–H groups in total. The lowest BCUT2D eigenvalue weighted by molar-refractivity contribution is -0.118. The summed E-state index contributed by atoms with van der Waals surface area (Å²) >= 11 is 0. The minimum atomic E-state index is -0.241. The topological polar surface area (TPSA) is 73.6 Å². The Morgan fingerprint density at radius 1 is 1.45 bits per heavy atom. The molecule has 6 heteroatoms. The van der Waals surface area contributed by atoms with Gasteiger partial charge in [0.05, 0.1) is 19.1 Å². The number of ether oxygens (including phenoxy) is 2. The third-order valence-corrected chi connectivity index (χ3v) is 3.54. The predicted octanol–water partition coefficient (Wildman–Crippen LogP) is 2.34. The van der Waals surface area contributed by atoms with E-state index in [0.29, 0.717) is 13.2 Å². The minimum Gasteiger partial charge on any atom is -0.380 e. The quantitative estimate of drug-likeness (QED) is 0.729. The van der Waals surface area contributed by atoms with Gasteiger partial charge in [-0.15, -0.1) is 12.4 Å². The number of nitrogens with two attached hydrogens (primary N) is 1. The SMILES string of the molecule is COC(CN)CC(=O)Nc1cccc(COCC2CC2)c1.Cl. The largest absolute Gasteiger partial charge is 0.380 e. The molecule has 2 rings (SSSR count). The third kappa shape index (κ3) is 6.75. The van der Waals surface area contributed by atoms with E-state index >= 15 is 0 Å². The molecule has 22 heavy (non-hydrogen) atoms. The second-order valence-electron chi connectivity index (χ2n) is 5.50. The van der Waals surface area contributed by atoms with Crippen molar-refractivity contribution in [3.63, 3.8) is 0 Å². The molecule has 1 fully saturated rings. The lowest BCUT2D eigenvalue weighted by Gasteiger charge is -2.13. The van der Waals surface area contributed by atoms with E-state index in [1.165, 1.54) is 12.8 Å². The first kappa shape index (κ1) is 18.9. The van der Waals surface area contributed by atoms with Crippen molar-refractivity contribution in [3.8, 4) is 0 Å². The summed E-state index contributed by atoms with van der Waals surface area (Å²) in [7, 11) is 1.56. The second-order valence-corrected chi connectivity index (χ2v) is 5.50. The van der Waals surface area contributed by atoms with Gasteiger partial charge in [-0.2, -0.15) is 0 Å². The maximum absolute atomic E-state index is 11.9. The number of methoxy groups -OCH3 is 1. The van der Waals surface area contributed by atoms with E-state index in [9.17, 15) is 4.79 Å². The van der Waals surface area contributed by atoms with Crippen LogP contribution in [0.5, 0.6) is 0 Å². The molecule has 0 radical (unpaired) electrons. The number of benzene rings is 1. The zero-order valence-electron chi connectivity index (χ0n) is 12.9. The summed E-state index contributed by atoms with van der Waals surface area (Å²) in [5.41, 5.74) is 7.35. The summed E-state index contributed by atoms with van der Waals surface area (Å²) in [5.74, 6) is 0.665. The highest BCUT2D eigenvalue weighted by Crippen LogP contribution is 2.29. The van der Waals surface area contributed by atoms with Crippen molar-refractivity contribution >= 4 is 24.0 Å². The Morgan fingerprint density at radius 2 is 2.23 bits per heavy atom. The summed E-state index contributed by atoms with van der Waals surface area (Å²) < 4.78 is 10.8. The lowest BCUT2D eigenvalue weighted by Crippen LogP contribution is -2.28. The van der Waals surface area contributed by atoms with Gasteiger partial charge in [0, 0.05) is 25.9 Å². The molecule has 124 valence electrons. The van der Waals surface area contributed by atoms with Gasteiger partial charge in [0.1, 0.15) is 0 Å². The summed E-state index contributed by atoms with van der Waals surface area (Å²) in [6, 6.07) is 7.73. The van der Waals surface area contributed by atoms with Crippen LogP contribution in [0.25, 0.3) is 0 Å². The molecule has 0 aliphatic heterocycles. The van der Waals surface area contributed by atoms with Crippen LogP contribution in [0.4, 0.5) is 5.69 Å². The first-order valence-electron chi connectivity index (χ1n) is 7.40. The molecule has 0 aromatic heterocycles. The number of anilines is 1. The first-order valence-corrected chi connectivity index (χ1v) is 7.40. The Kier molecular flexibility index (Phi) is 8.42. The van der Waals surface area contributed by atoms with Gasteiger partial charge in [-0.05, 0) is 36.5 Å². The van der Waals surface area contributed by atoms with E-state index < -0.39 is 0 Å². The van der Waals surface area contributed by atoms with Gasteiger partial charge in [-0.1, -0.05) is 12.1 Å². The fourth-order valence-electron chi connectivity index (χ4n) is 2.05. The molecule has 1 aliphatic carbocycles. The lowest BCUT2D eigenvalue weighted by atomic mass is 10.2. The van der Waals surface area contributed by atoms with Crippen molar-refractivity contribution in [2.24, 2.45) is 11.7 Å². The first-order chi connectivity index (χ1) is 10.2. The van der Waals surface area contributed by atoms with Crippen LogP contribution in [0, 0.1) is 5.92 Å². The van der Waals surface area contributed by atoms with Crippen molar-refractivity contribution < 1.29 is 14.3 Å². The van der Waals surface area contributed by atoms with Crippen molar-refractivity contribution in [3.05, 3.63) is 29.8 Å². The molecule has 1 aromatic rings. The van der Waals surface area contributed by atoms with E-state index in [1.807, 2.05) is 24.3 Å². The Morgan fingerprint density at radius 3 is 2.86 bits per heavy atom. The Hall–Kier alpha value is -1.14. The van der Waals surface area contributed by atoms with Gasteiger partial charge in [-0.25, -0.2) is 0 Å². The molecule has 1 atom stereocenters. The summed E-state index contributed by atoms with van der Waals surface area (Å²) in [6.07, 6.45) is 2.60. The van der Waals surface area contributed by atoms with E-state index in [0.717, 1.165) is 23.8 Å². The zero-order chi connectivity index (χ0) is 15.1. The number of carbonyl (C=O) groups is 1. The molecule has 1 aromatic carbocycles. The monoisotopic (exact) mass is 328 g/mol. The van der Waals surface area contributed by atoms with Crippen LogP contribution in [-0.2, 0) is 20.9 Å². The number of amides is 1. The van der Waals surface area contributed by atoms with Crippen LogP contribution in [0.2, 0.25) is 0 Å². The standard InChI is InChI=1S/C16H24N2O3.ClH/c1-20-15(9-17)8-16(19)18-14-4-2-3-13(7-14)11-21-10-12-5-6-12;/h2-4,7,12,15H,5-6,8-11,17H2,1H3,(H,18,19);1H. The molecule has 0 saturated heterocycles. The van der Waals surface area contributed by atoms with Crippen LogP contribution in [0.15, 0.2) is 24.3 Å². The Labute approximate surface area is 138 Å². The molecular weight excluding hydrogens is 304 g/mol. The van der Waals surface area contributed by atoms with E-state index in [-0.39, 0.29) is 30.8 Å². The van der Waals surface area contributed by atoms with E-state index in [2.05, 4.69) is 5.32 Å². The van der Waals surface area contributed by atoms with Gasteiger partial charge in [-0.3, -0.25) is 4.79 Å². The zero-order valence-corrected chi connectivity index (χ0v) is 13.7. The normalized spacial score (nSPS) is 15.0. The van der Waals surface area contributed by atoms with E-state index in [4.69, 9.17) is 15.2 Å². The summed E-state index contributed by atoms with van der Waals surface area (Å²) in [6.45, 7) is 1.76. The summed E-state index contributed by atoms with van der Waals surface area (Å²) in [4.78, 5) is 11.9. The molecule has 0 bridgehead atoms. The average Bonchev–Trinajstić information content (AvgIpc) is 3.29. The second kappa shape index (κ2) is 9.79. The van der Waals surface area contributed by atoms with Gasteiger partial charge >= 0.3 is 0 Å². The number of nitrogens with one attached hydrogen (secondary N) is 1. The smallest absolute Gasteiger partial charge is 0.227 e. The van der Waals surface area contributed by atoms with Gasteiger partial charge < -0.3 is 20.5 Å². The van der Waals surface area contributed by atoms with Crippen molar-refractivity contribution in [2.45, 2.75) is 32.0 Å². The number of rotatable bonds is 9. The molecule has 1 aliphatic rings. The van der Waals surface area contributed by atoms with Gasteiger partial charge in [0.2, 0.25) is 5.91 Å². The highest BCUT2D eigenvalue weighted by atomic mass is 35.5. The number of halogens is 1. The number of carbonyl (C=O) groups excluding carboxylic acids is 1.